The number of nitrogens with one attached hydrogen (secondary N) is 1. The summed E-state index contributed by atoms with van der Waals surface area (Å²) in [4.78, 5) is 0. The van der Waals surface area contributed by atoms with Crippen molar-refractivity contribution in [3.05, 3.63) is 52.4 Å². The van der Waals surface area contributed by atoms with Crippen LogP contribution in [-0.2, 0) is 6.42 Å². The van der Waals surface area contributed by atoms with E-state index in [1.54, 1.807) is 7.11 Å². The van der Waals surface area contributed by atoms with E-state index in [0.29, 0.717) is 5.02 Å². The van der Waals surface area contributed by atoms with Gasteiger partial charge in [-0.2, -0.15) is 0 Å². The van der Waals surface area contributed by atoms with Crippen molar-refractivity contribution < 1.29 is 9.15 Å². The minimum Gasteiger partial charge on any atom is -0.496 e. The van der Waals surface area contributed by atoms with E-state index < -0.39 is 0 Å². The van der Waals surface area contributed by atoms with Crippen molar-refractivity contribution in [3.63, 3.8) is 0 Å². The number of ether oxygens (including phenoxy) is 1. The fourth-order valence-electron chi connectivity index (χ4n) is 2.23. The molecule has 0 bridgehead atoms. The minimum atomic E-state index is -0.0347. The van der Waals surface area contributed by atoms with Gasteiger partial charge < -0.3 is 14.5 Å². The first-order valence-corrected chi connectivity index (χ1v) is 7.22. The molecular formula is C16H20ClNO2. The number of rotatable bonds is 6. The topological polar surface area (TPSA) is 34.4 Å². The predicted octanol–water partition coefficient (Wildman–Crippen LogP) is 4.20. The van der Waals surface area contributed by atoms with E-state index >= 15 is 0 Å². The number of furan rings is 1. The highest BCUT2D eigenvalue weighted by molar-refractivity contribution is 6.30. The molecule has 2 aromatic rings. The van der Waals surface area contributed by atoms with Gasteiger partial charge in [-0.1, -0.05) is 31.5 Å². The number of benzene rings is 1. The third kappa shape index (κ3) is 3.17. The third-order valence-corrected chi connectivity index (χ3v) is 3.47. The van der Waals surface area contributed by atoms with Gasteiger partial charge in [0, 0.05) is 17.0 Å². The van der Waals surface area contributed by atoms with Gasteiger partial charge in [0.05, 0.1) is 13.2 Å². The van der Waals surface area contributed by atoms with Gasteiger partial charge in [0.25, 0.3) is 0 Å². The van der Waals surface area contributed by atoms with Crippen LogP contribution in [0.1, 0.15) is 37.0 Å². The molecule has 0 aliphatic rings. The Morgan fingerprint density at radius 2 is 2.05 bits per heavy atom. The molecule has 4 heteroatoms. The second kappa shape index (κ2) is 6.82. The molecule has 1 aromatic heterocycles. The lowest BCUT2D eigenvalue weighted by Gasteiger charge is -2.19. The second-order valence-corrected chi connectivity index (χ2v) is 4.97. The van der Waals surface area contributed by atoms with Crippen LogP contribution in [0.3, 0.4) is 0 Å². The first kappa shape index (κ1) is 14.9. The van der Waals surface area contributed by atoms with Gasteiger partial charge in [-0.25, -0.2) is 0 Å². The van der Waals surface area contributed by atoms with Crippen LogP contribution < -0.4 is 10.1 Å². The Morgan fingerprint density at radius 3 is 2.65 bits per heavy atom. The lowest BCUT2D eigenvalue weighted by molar-refractivity contribution is 0.388. The Labute approximate surface area is 124 Å². The van der Waals surface area contributed by atoms with Crippen molar-refractivity contribution in [2.24, 2.45) is 0 Å². The van der Waals surface area contributed by atoms with Crippen molar-refractivity contribution in [1.29, 1.82) is 0 Å². The lowest BCUT2D eigenvalue weighted by Crippen LogP contribution is -2.22. The smallest absolute Gasteiger partial charge is 0.125 e. The first-order chi connectivity index (χ1) is 9.69. The average molecular weight is 294 g/mol. The summed E-state index contributed by atoms with van der Waals surface area (Å²) in [5.74, 6) is 2.64. The normalized spacial score (nSPS) is 12.4. The monoisotopic (exact) mass is 293 g/mol. The van der Waals surface area contributed by atoms with Crippen LogP contribution in [0.4, 0.5) is 0 Å². The van der Waals surface area contributed by atoms with Crippen molar-refractivity contribution >= 4 is 11.6 Å². The van der Waals surface area contributed by atoms with E-state index in [1.165, 1.54) is 0 Å². The molecule has 0 amide bonds. The number of aryl methyl sites for hydroxylation is 1. The van der Waals surface area contributed by atoms with E-state index in [2.05, 4.69) is 19.2 Å². The van der Waals surface area contributed by atoms with Crippen LogP contribution in [0.2, 0.25) is 5.02 Å². The van der Waals surface area contributed by atoms with E-state index in [4.69, 9.17) is 20.8 Å². The molecule has 1 aromatic carbocycles. The highest BCUT2D eigenvalue weighted by Crippen LogP contribution is 2.33. The SMILES string of the molecule is CCNC(c1ccc(CC)o1)c1ccc(Cl)cc1OC. The average Bonchev–Trinajstić information content (AvgIpc) is 2.93. The summed E-state index contributed by atoms with van der Waals surface area (Å²) >= 11 is 6.03. The molecule has 1 N–H and O–H groups in total. The number of hydrogen-bond acceptors (Lipinski definition) is 3. The Kier molecular flexibility index (Phi) is 5.10. The van der Waals surface area contributed by atoms with E-state index in [1.807, 2.05) is 30.3 Å². The Bertz CT molecular complexity index is 565. The summed E-state index contributed by atoms with van der Waals surface area (Å²) in [5.41, 5.74) is 1.02. The highest BCUT2D eigenvalue weighted by Gasteiger charge is 2.20. The van der Waals surface area contributed by atoms with Gasteiger partial charge in [0.1, 0.15) is 17.3 Å². The van der Waals surface area contributed by atoms with Crippen LogP contribution in [0.15, 0.2) is 34.7 Å². The summed E-state index contributed by atoms with van der Waals surface area (Å²) in [5, 5.41) is 4.09. The number of halogens is 1. The lowest BCUT2D eigenvalue weighted by atomic mass is 10.0. The van der Waals surface area contributed by atoms with Gasteiger partial charge >= 0.3 is 0 Å². The second-order valence-electron chi connectivity index (χ2n) is 4.53. The molecule has 1 unspecified atom stereocenters. The summed E-state index contributed by atoms with van der Waals surface area (Å²) in [6, 6.07) is 9.66. The maximum absolute atomic E-state index is 6.03. The quantitative estimate of drug-likeness (QED) is 0.866. The number of hydrogen-bond donors (Lipinski definition) is 1. The van der Waals surface area contributed by atoms with Crippen molar-refractivity contribution in [2.45, 2.75) is 26.3 Å². The zero-order valence-electron chi connectivity index (χ0n) is 12.1. The fraction of sp³-hybridized carbons (Fsp3) is 0.375. The highest BCUT2D eigenvalue weighted by atomic mass is 35.5. The Hall–Kier alpha value is -1.45. The summed E-state index contributed by atoms with van der Waals surface area (Å²) < 4.78 is 11.3. The van der Waals surface area contributed by atoms with Crippen LogP contribution in [0.25, 0.3) is 0 Å². The third-order valence-electron chi connectivity index (χ3n) is 3.23. The van der Waals surface area contributed by atoms with Crippen molar-refractivity contribution in [1.82, 2.24) is 5.32 Å². The molecule has 0 saturated carbocycles. The zero-order chi connectivity index (χ0) is 14.5. The van der Waals surface area contributed by atoms with Gasteiger partial charge in [0.15, 0.2) is 0 Å². The largest absolute Gasteiger partial charge is 0.496 e. The maximum atomic E-state index is 6.03. The van der Waals surface area contributed by atoms with Gasteiger partial charge in [-0.05, 0) is 30.8 Å². The minimum absolute atomic E-state index is 0.0347. The molecular weight excluding hydrogens is 274 g/mol. The molecule has 0 fully saturated rings. The van der Waals surface area contributed by atoms with Gasteiger partial charge in [-0.3, -0.25) is 0 Å². The van der Waals surface area contributed by atoms with E-state index in [-0.39, 0.29) is 6.04 Å². The van der Waals surface area contributed by atoms with Crippen LogP contribution >= 0.6 is 11.6 Å². The first-order valence-electron chi connectivity index (χ1n) is 6.85. The fourth-order valence-corrected chi connectivity index (χ4v) is 2.39. The van der Waals surface area contributed by atoms with Crippen LogP contribution in [-0.4, -0.2) is 13.7 Å². The molecule has 1 heterocycles. The van der Waals surface area contributed by atoms with Crippen molar-refractivity contribution in [2.75, 3.05) is 13.7 Å². The molecule has 108 valence electrons. The standard InChI is InChI=1S/C16H20ClNO2/c1-4-12-7-9-14(20-12)16(18-5-2)13-8-6-11(17)10-15(13)19-3/h6-10,16,18H,4-5H2,1-3H3. The van der Waals surface area contributed by atoms with Gasteiger partial charge in [0.2, 0.25) is 0 Å². The summed E-state index contributed by atoms with van der Waals surface area (Å²) in [7, 11) is 1.65. The summed E-state index contributed by atoms with van der Waals surface area (Å²) in [6.07, 6.45) is 0.886. The predicted molar refractivity (Wildman–Crippen MR) is 81.6 cm³/mol. The molecule has 2 rings (SSSR count). The molecule has 20 heavy (non-hydrogen) atoms. The molecule has 0 aliphatic carbocycles. The van der Waals surface area contributed by atoms with Crippen LogP contribution in [0, 0.1) is 0 Å². The molecule has 0 spiro atoms. The number of methoxy groups -OCH3 is 1. The Balaban J connectivity index is 2.42. The molecule has 0 saturated heterocycles. The van der Waals surface area contributed by atoms with Crippen molar-refractivity contribution in [3.8, 4) is 5.75 Å². The Morgan fingerprint density at radius 1 is 1.25 bits per heavy atom. The molecule has 1 atom stereocenters. The molecule has 0 aliphatic heterocycles. The summed E-state index contributed by atoms with van der Waals surface area (Å²) in [6.45, 7) is 4.98. The molecule has 0 radical (unpaired) electrons. The van der Waals surface area contributed by atoms with Crippen LogP contribution in [0.5, 0.6) is 5.75 Å². The molecule has 3 nitrogen and oxygen atoms in total. The maximum Gasteiger partial charge on any atom is 0.125 e. The van der Waals surface area contributed by atoms with Gasteiger partial charge in [-0.15, -0.1) is 0 Å². The van der Waals surface area contributed by atoms with E-state index in [9.17, 15) is 0 Å². The van der Waals surface area contributed by atoms with E-state index in [0.717, 1.165) is 35.8 Å². The zero-order valence-corrected chi connectivity index (χ0v) is 12.8.